The van der Waals surface area contributed by atoms with Gasteiger partial charge in [0.1, 0.15) is 0 Å². The molecular formula is C18H28BNO2. The Kier molecular flexibility index (Phi) is 5.93. The highest BCUT2D eigenvalue weighted by Gasteiger charge is 2.32. The van der Waals surface area contributed by atoms with Crippen molar-refractivity contribution in [2.75, 3.05) is 6.61 Å². The van der Waals surface area contributed by atoms with Crippen molar-refractivity contribution in [1.29, 1.82) is 0 Å². The lowest BCUT2D eigenvalue weighted by Crippen LogP contribution is -2.36. The maximum absolute atomic E-state index is 5.45. The lowest BCUT2D eigenvalue weighted by atomic mass is 9.84. The minimum Gasteiger partial charge on any atom is -0.371 e. The molecule has 4 heteroatoms. The van der Waals surface area contributed by atoms with Crippen LogP contribution in [0.15, 0.2) is 24.3 Å². The molecule has 1 aliphatic heterocycles. The highest BCUT2D eigenvalue weighted by Crippen LogP contribution is 2.27. The van der Waals surface area contributed by atoms with Gasteiger partial charge >= 0.3 is 7.48 Å². The van der Waals surface area contributed by atoms with Gasteiger partial charge in [0.05, 0.1) is 18.8 Å². The number of nitrogens with one attached hydrogen (secondary N) is 1. The van der Waals surface area contributed by atoms with Crippen LogP contribution in [0.2, 0.25) is 6.82 Å². The van der Waals surface area contributed by atoms with Crippen LogP contribution in [0.4, 0.5) is 0 Å². The lowest BCUT2D eigenvalue weighted by Gasteiger charge is -2.22. The molecule has 1 N–H and O–H groups in total. The van der Waals surface area contributed by atoms with Crippen LogP contribution in [0.1, 0.15) is 43.2 Å². The first-order valence-electron chi connectivity index (χ1n) is 8.92. The van der Waals surface area contributed by atoms with Gasteiger partial charge in [0.2, 0.25) is 0 Å². The molecule has 120 valence electrons. The fourth-order valence-electron chi connectivity index (χ4n) is 3.59. The molecule has 1 saturated heterocycles. The molecule has 1 saturated carbocycles. The third kappa shape index (κ3) is 4.84. The second-order valence-corrected chi connectivity index (χ2v) is 6.76. The van der Waals surface area contributed by atoms with Gasteiger partial charge in [-0.2, -0.15) is 0 Å². The highest BCUT2D eigenvalue weighted by atomic mass is 16.6. The van der Waals surface area contributed by atoms with Crippen LogP contribution in [0.5, 0.6) is 0 Å². The molecule has 0 bridgehead atoms. The molecule has 0 aromatic heterocycles. The van der Waals surface area contributed by atoms with Crippen LogP contribution in [-0.2, 0) is 22.3 Å². The zero-order valence-electron chi connectivity index (χ0n) is 13.7. The topological polar surface area (TPSA) is 33.8 Å². The van der Waals surface area contributed by atoms with Crippen molar-refractivity contribution in [1.82, 2.24) is 5.48 Å². The van der Waals surface area contributed by atoms with E-state index in [1.165, 1.54) is 49.7 Å². The van der Waals surface area contributed by atoms with Crippen LogP contribution in [0, 0.1) is 5.92 Å². The molecule has 0 radical (unpaired) electrons. The van der Waals surface area contributed by atoms with Gasteiger partial charge < -0.3 is 9.49 Å². The maximum Gasteiger partial charge on any atom is 0.301 e. The molecule has 2 atom stereocenters. The van der Waals surface area contributed by atoms with Crippen LogP contribution >= 0.6 is 0 Å². The molecule has 0 amide bonds. The summed E-state index contributed by atoms with van der Waals surface area (Å²) in [7, 11) is 0.685. The van der Waals surface area contributed by atoms with E-state index in [0.29, 0.717) is 13.6 Å². The zero-order chi connectivity index (χ0) is 15.2. The first kappa shape index (κ1) is 16.0. The van der Waals surface area contributed by atoms with E-state index in [2.05, 4.69) is 29.7 Å². The van der Waals surface area contributed by atoms with Crippen molar-refractivity contribution < 1.29 is 9.49 Å². The van der Waals surface area contributed by atoms with Crippen molar-refractivity contribution in [3.8, 4) is 0 Å². The number of benzene rings is 1. The van der Waals surface area contributed by atoms with Crippen LogP contribution in [0.25, 0.3) is 0 Å². The molecule has 1 aliphatic carbocycles. The van der Waals surface area contributed by atoms with Gasteiger partial charge in [-0.1, -0.05) is 63.2 Å². The van der Waals surface area contributed by atoms with Crippen molar-refractivity contribution >= 4 is 7.48 Å². The normalized spacial score (nSPS) is 23.2. The summed E-state index contributed by atoms with van der Waals surface area (Å²) < 4.78 is 10.8. The van der Waals surface area contributed by atoms with Crippen molar-refractivity contribution in [3.63, 3.8) is 0 Å². The van der Waals surface area contributed by atoms with E-state index in [4.69, 9.17) is 9.49 Å². The fraction of sp³-hybridized carbons (Fsp3) is 0.667. The van der Waals surface area contributed by atoms with Gasteiger partial charge in [-0.3, -0.25) is 0 Å². The second-order valence-electron chi connectivity index (χ2n) is 6.76. The summed E-state index contributed by atoms with van der Waals surface area (Å²) in [4.78, 5) is 0. The Morgan fingerprint density at radius 2 is 2.05 bits per heavy atom. The van der Waals surface area contributed by atoms with Crippen molar-refractivity contribution in [3.05, 3.63) is 35.4 Å². The average molecular weight is 301 g/mol. The minimum atomic E-state index is 0.268. The summed E-state index contributed by atoms with van der Waals surface area (Å²) in [5, 5.41) is 0. The molecule has 0 spiro atoms. The quantitative estimate of drug-likeness (QED) is 0.455. The molecule has 2 fully saturated rings. The average Bonchev–Trinajstić information content (AvgIpc) is 3.38. The molecule has 0 unspecified atom stereocenters. The molecule has 1 aromatic rings. The van der Waals surface area contributed by atoms with E-state index in [1.807, 2.05) is 6.82 Å². The molecule has 1 heterocycles. The Morgan fingerprint density at radius 3 is 2.77 bits per heavy atom. The molecule has 2 aliphatic rings. The Labute approximate surface area is 135 Å². The number of epoxide rings is 1. The van der Waals surface area contributed by atoms with Gasteiger partial charge in [0.25, 0.3) is 0 Å². The largest absolute Gasteiger partial charge is 0.371 e. The Hall–Kier alpha value is -0.835. The van der Waals surface area contributed by atoms with E-state index in [-0.39, 0.29) is 6.04 Å². The SMILES string of the molecule is CBON[C@@H](Cc1cccc(CC2CCCCC2)c1)[C@H]1CO1. The van der Waals surface area contributed by atoms with Gasteiger partial charge in [0, 0.05) is 0 Å². The number of hydrogen-bond donors (Lipinski definition) is 1. The summed E-state index contributed by atoms with van der Waals surface area (Å²) >= 11 is 0. The zero-order valence-corrected chi connectivity index (χ0v) is 13.7. The smallest absolute Gasteiger partial charge is 0.301 e. The predicted molar refractivity (Wildman–Crippen MR) is 91.2 cm³/mol. The number of hydrogen-bond acceptors (Lipinski definition) is 3. The van der Waals surface area contributed by atoms with E-state index in [1.54, 1.807) is 0 Å². The summed E-state index contributed by atoms with van der Waals surface area (Å²) in [6, 6.07) is 9.38. The van der Waals surface area contributed by atoms with Crippen molar-refractivity contribution in [2.45, 2.75) is 63.9 Å². The van der Waals surface area contributed by atoms with E-state index >= 15 is 0 Å². The monoisotopic (exact) mass is 301 g/mol. The Morgan fingerprint density at radius 1 is 1.27 bits per heavy atom. The lowest BCUT2D eigenvalue weighted by molar-refractivity contribution is 0.144. The third-order valence-electron chi connectivity index (χ3n) is 4.88. The third-order valence-corrected chi connectivity index (χ3v) is 4.88. The summed E-state index contributed by atoms with van der Waals surface area (Å²) in [5.74, 6) is 0.896. The van der Waals surface area contributed by atoms with E-state index in [0.717, 1.165) is 18.9 Å². The summed E-state index contributed by atoms with van der Waals surface area (Å²) in [5.41, 5.74) is 6.04. The summed E-state index contributed by atoms with van der Waals surface area (Å²) in [6.07, 6.45) is 9.63. The summed E-state index contributed by atoms with van der Waals surface area (Å²) in [6.45, 7) is 2.86. The Bertz CT molecular complexity index is 458. The van der Waals surface area contributed by atoms with Crippen LogP contribution in [-0.4, -0.2) is 26.2 Å². The molecule has 1 aromatic carbocycles. The second kappa shape index (κ2) is 8.14. The van der Waals surface area contributed by atoms with Gasteiger partial charge in [-0.25, -0.2) is 5.48 Å². The van der Waals surface area contributed by atoms with Crippen LogP contribution < -0.4 is 5.48 Å². The van der Waals surface area contributed by atoms with E-state index in [9.17, 15) is 0 Å². The van der Waals surface area contributed by atoms with Gasteiger partial charge in [-0.05, 0) is 29.9 Å². The fourth-order valence-corrected chi connectivity index (χ4v) is 3.59. The number of hydroxylamine groups is 1. The van der Waals surface area contributed by atoms with Crippen molar-refractivity contribution in [2.24, 2.45) is 5.92 Å². The molecule has 3 rings (SSSR count). The van der Waals surface area contributed by atoms with E-state index < -0.39 is 0 Å². The first-order valence-corrected chi connectivity index (χ1v) is 8.92. The van der Waals surface area contributed by atoms with Gasteiger partial charge in [0.15, 0.2) is 0 Å². The Balaban J connectivity index is 1.57. The molecular weight excluding hydrogens is 273 g/mol. The molecule has 3 nitrogen and oxygen atoms in total. The van der Waals surface area contributed by atoms with Crippen LogP contribution in [0.3, 0.4) is 0 Å². The minimum absolute atomic E-state index is 0.268. The highest BCUT2D eigenvalue weighted by molar-refractivity contribution is 6.24. The maximum atomic E-state index is 5.45. The molecule has 22 heavy (non-hydrogen) atoms. The predicted octanol–water partition coefficient (Wildman–Crippen LogP) is 3.04. The standard InChI is InChI=1S/C18H28BNO2/c1-19-22-20-17(18-13-21-18)12-16-9-5-8-15(11-16)10-14-6-3-2-4-7-14/h5,8-9,11,14,17-20H,2-4,6-7,10,12-13H2,1H3/t17-,18+/m0/s1. The first-order chi connectivity index (χ1) is 10.8. The van der Waals surface area contributed by atoms with Gasteiger partial charge in [-0.15, -0.1) is 0 Å². The number of rotatable bonds is 8. The number of ether oxygens (including phenoxy) is 1.